The number of pyridine rings is 1. The first-order valence-corrected chi connectivity index (χ1v) is 5.05. The highest BCUT2D eigenvalue weighted by molar-refractivity contribution is 5.58. The SMILES string of the molecule is COc1cccc2c(C(C)(C)C)cnn12. The topological polar surface area (TPSA) is 26.5 Å². The molecule has 0 aliphatic carbocycles. The van der Waals surface area contributed by atoms with Crippen molar-refractivity contribution >= 4 is 5.52 Å². The predicted molar refractivity (Wildman–Crippen MR) is 60.4 cm³/mol. The lowest BCUT2D eigenvalue weighted by molar-refractivity contribution is 0.385. The molecule has 15 heavy (non-hydrogen) atoms. The van der Waals surface area contributed by atoms with Crippen LogP contribution in [0.3, 0.4) is 0 Å². The Balaban J connectivity index is 2.72. The van der Waals surface area contributed by atoms with Gasteiger partial charge in [-0.15, -0.1) is 0 Å². The number of aromatic nitrogens is 2. The molecule has 0 N–H and O–H groups in total. The van der Waals surface area contributed by atoms with Crippen LogP contribution in [0.2, 0.25) is 0 Å². The largest absolute Gasteiger partial charge is 0.481 e. The van der Waals surface area contributed by atoms with Crippen molar-refractivity contribution in [3.63, 3.8) is 0 Å². The zero-order valence-electron chi connectivity index (χ0n) is 9.61. The van der Waals surface area contributed by atoms with Crippen molar-refractivity contribution in [2.45, 2.75) is 26.2 Å². The smallest absolute Gasteiger partial charge is 0.214 e. The Bertz CT molecular complexity index is 480. The Labute approximate surface area is 89.7 Å². The third kappa shape index (κ3) is 1.58. The van der Waals surface area contributed by atoms with Crippen LogP contribution in [0.4, 0.5) is 0 Å². The van der Waals surface area contributed by atoms with E-state index < -0.39 is 0 Å². The highest BCUT2D eigenvalue weighted by Gasteiger charge is 2.19. The monoisotopic (exact) mass is 204 g/mol. The molecule has 0 saturated heterocycles. The fraction of sp³-hybridized carbons (Fsp3) is 0.417. The summed E-state index contributed by atoms with van der Waals surface area (Å²) in [7, 11) is 1.66. The van der Waals surface area contributed by atoms with Crippen LogP contribution in [-0.2, 0) is 5.41 Å². The molecule has 0 atom stereocenters. The first-order valence-electron chi connectivity index (χ1n) is 5.05. The Hall–Kier alpha value is -1.51. The van der Waals surface area contributed by atoms with E-state index in [0.717, 1.165) is 11.4 Å². The van der Waals surface area contributed by atoms with Crippen LogP contribution >= 0.6 is 0 Å². The summed E-state index contributed by atoms with van der Waals surface area (Å²) in [5.74, 6) is 0.767. The van der Waals surface area contributed by atoms with E-state index in [0.29, 0.717) is 0 Å². The van der Waals surface area contributed by atoms with Gasteiger partial charge in [-0.1, -0.05) is 26.8 Å². The van der Waals surface area contributed by atoms with Gasteiger partial charge in [-0.3, -0.25) is 0 Å². The molecule has 2 rings (SSSR count). The van der Waals surface area contributed by atoms with Crippen molar-refractivity contribution in [1.29, 1.82) is 0 Å². The number of rotatable bonds is 1. The summed E-state index contributed by atoms with van der Waals surface area (Å²) in [5.41, 5.74) is 2.46. The standard InChI is InChI=1S/C12H16N2O/c1-12(2,3)9-8-13-14-10(9)6-5-7-11(14)15-4/h5-8H,1-4H3. The lowest BCUT2D eigenvalue weighted by atomic mass is 9.88. The molecule has 2 aromatic heterocycles. The van der Waals surface area contributed by atoms with Gasteiger partial charge in [0, 0.05) is 11.6 Å². The van der Waals surface area contributed by atoms with Crippen LogP contribution in [0.25, 0.3) is 5.52 Å². The van der Waals surface area contributed by atoms with Crippen molar-refractivity contribution in [3.8, 4) is 5.88 Å². The van der Waals surface area contributed by atoms with Gasteiger partial charge in [0.25, 0.3) is 0 Å². The Morgan fingerprint density at radius 2 is 2.00 bits per heavy atom. The predicted octanol–water partition coefficient (Wildman–Crippen LogP) is 2.64. The van der Waals surface area contributed by atoms with Gasteiger partial charge in [-0.05, 0) is 11.5 Å². The van der Waals surface area contributed by atoms with Gasteiger partial charge in [0.2, 0.25) is 5.88 Å². The molecule has 2 aromatic rings. The highest BCUT2D eigenvalue weighted by atomic mass is 16.5. The van der Waals surface area contributed by atoms with Gasteiger partial charge in [-0.25, -0.2) is 4.52 Å². The van der Waals surface area contributed by atoms with Gasteiger partial charge in [-0.2, -0.15) is 5.10 Å². The van der Waals surface area contributed by atoms with Crippen LogP contribution in [0.15, 0.2) is 24.4 Å². The van der Waals surface area contributed by atoms with Crippen molar-refractivity contribution in [2.24, 2.45) is 0 Å². The molecule has 3 heteroatoms. The lowest BCUT2D eigenvalue weighted by Gasteiger charge is -2.16. The number of hydrogen-bond acceptors (Lipinski definition) is 2. The van der Waals surface area contributed by atoms with Gasteiger partial charge in [0.1, 0.15) is 0 Å². The minimum atomic E-state index is 0.105. The minimum absolute atomic E-state index is 0.105. The lowest BCUT2D eigenvalue weighted by Crippen LogP contribution is -2.10. The maximum Gasteiger partial charge on any atom is 0.214 e. The second-order valence-corrected chi connectivity index (χ2v) is 4.67. The first kappa shape index (κ1) is 10.0. The number of nitrogens with zero attached hydrogens (tertiary/aromatic N) is 2. The van der Waals surface area contributed by atoms with Crippen LogP contribution in [0.5, 0.6) is 5.88 Å². The van der Waals surface area contributed by atoms with Crippen LogP contribution in [-0.4, -0.2) is 16.7 Å². The Morgan fingerprint density at radius 3 is 2.60 bits per heavy atom. The van der Waals surface area contributed by atoms with E-state index >= 15 is 0 Å². The third-order valence-electron chi connectivity index (χ3n) is 2.53. The summed E-state index contributed by atoms with van der Waals surface area (Å²) < 4.78 is 7.09. The van der Waals surface area contributed by atoms with E-state index in [2.05, 4.69) is 31.9 Å². The van der Waals surface area contributed by atoms with Gasteiger partial charge >= 0.3 is 0 Å². The molecule has 0 bridgehead atoms. The molecule has 0 fully saturated rings. The number of fused-ring (bicyclic) bond motifs is 1. The van der Waals surface area contributed by atoms with E-state index in [1.807, 2.05) is 22.8 Å². The quantitative estimate of drug-likeness (QED) is 0.714. The van der Waals surface area contributed by atoms with Gasteiger partial charge in [0.05, 0.1) is 18.8 Å². The molecule has 0 radical (unpaired) electrons. The molecule has 0 aliphatic rings. The zero-order valence-corrected chi connectivity index (χ0v) is 9.61. The van der Waals surface area contributed by atoms with Crippen molar-refractivity contribution in [3.05, 3.63) is 30.0 Å². The van der Waals surface area contributed by atoms with E-state index in [1.165, 1.54) is 5.56 Å². The first-order chi connectivity index (χ1) is 7.04. The molecule has 0 saturated carbocycles. The number of methoxy groups -OCH3 is 1. The zero-order chi connectivity index (χ0) is 11.1. The molecule has 0 aliphatic heterocycles. The second-order valence-electron chi connectivity index (χ2n) is 4.67. The Kier molecular flexibility index (Phi) is 2.18. The Morgan fingerprint density at radius 1 is 1.27 bits per heavy atom. The maximum absolute atomic E-state index is 5.25. The molecular formula is C12H16N2O. The fourth-order valence-electron chi connectivity index (χ4n) is 1.72. The van der Waals surface area contributed by atoms with Crippen LogP contribution < -0.4 is 4.74 Å². The average molecular weight is 204 g/mol. The molecule has 0 aromatic carbocycles. The summed E-state index contributed by atoms with van der Waals surface area (Å²) >= 11 is 0. The minimum Gasteiger partial charge on any atom is -0.481 e. The van der Waals surface area contributed by atoms with Crippen molar-refractivity contribution in [2.75, 3.05) is 7.11 Å². The fourth-order valence-corrected chi connectivity index (χ4v) is 1.72. The van der Waals surface area contributed by atoms with E-state index in [9.17, 15) is 0 Å². The summed E-state index contributed by atoms with van der Waals surface area (Å²) in [5, 5.41) is 4.35. The van der Waals surface area contributed by atoms with Crippen LogP contribution in [0.1, 0.15) is 26.3 Å². The summed E-state index contributed by atoms with van der Waals surface area (Å²) in [4.78, 5) is 0. The van der Waals surface area contributed by atoms with E-state index in [4.69, 9.17) is 4.74 Å². The molecule has 0 unspecified atom stereocenters. The second kappa shape index (κ2) is 3.26. The molecule has 3 nitrogen and oxygen atoms in total. The third-order valence-corrected chi connectivity index (χ3v) is 2.53. The van der Waals surface area contributed by atoms with Crippen LogP contribution in [0, 0.1) is 0 Å². The molecular weight excluding hydrogens is 188 g/mol. The normalized spacial score (nSPS) is 12.0. The highest BCUT2D eigenvalue weighted by Crippen LogP contribution is 2.28. The molecule has 80 valence electrons. The van der Waals surface area contributed by atoms with Gasteiger partial charge < -0.3 is 4.74 Å². The van der Waals surface area contributed by atoms with E-state index in [-0.39, 0.29) is 5.41 Å². The van der Waals surface area contributed by atoms with Crippen molar-refractivity contribution < 1.29 is 4.74 Å². The number of hydrogen-bond donors (Lipinski definition) is 0. The van der Waals surface area contributed by atoms with Crippen molar-refractivity contribution in [1.82, 2.24) is 9.61 Å². The molecule has 0 amide bonds. The summed E-state index contributed by atoms with van der Waals surface area (Å²) in [6, 6.07) is 5.97. The van der Waals surface area contributed by atoms with Gasteiger partial charge in [0.15, 0.2) is 0 Å². The van der Waals surface area contributed by atoms with E-state index in [1.54, 1.807) is 7.11 Å². The summed E-state index contributed by atoms with van der Waals surface area (Å²) in [6.07, 6.45) is 1.91. The molecule has 2 heterocycles. The summed E-state index contributed by atoms with van der Waals surface area (Å²) in [6.45, 7) is 6.55. The number of ether oxygens (including phenoxy) is 1. The molecule has 0 spiro atoms. The average Bonchev–Trinajstić information content (AvgIpc) is 2.59. The maximum atomic E-state index is 5.25.